The smallest absolute Gasteiger partial charge is 0.261 e. The third-order valence-electron chi connectivity index (χ3n) is 4.27. The molecular formula is C17H23NO2S. The molecule has 2 amide bonds. The minimum Gasteiger partial charge on any atom is -0.274 e. The molecule has 1 aromatic carbocycles. The van der Waals surface area contributed by atoms with Gasteiger partial charge in [0.25, 0.3) is 11.8 Å². The van der Waals surface area contributed by atoms with Gasteiger partial charge in [-0.15, -0.1) is 0 Å². The van der Waals surface area contributed by atoms with Gasteiger partial charge in [0.15, 0.2) is 0 Å². The molecule has 0 aliphatic carbocycles. The first kappa shape index (κ1) is 16.1. The Morgan fingerprint density at radius 3 is 1.86 bits per heavy atom. The SMILES string of the molecule is CCCC(CS)(CCC)CN1C(=O)c2ccccc2C1=O. The highest BCUT2D eigenvalue weighted by atomic mass is 32.1. The van der Waals surface area contributed by atoms with E-state index in [1.165, 1.54) is 4.90 Å². The Hall–Kier alpha value is -1.29. The summed E-state index contributed by atoms with van der Waals surface area (Å²) in [6.07, 6.45) is 4.03. The van der Waals surface area contributed by atoms with Gasteiger partial charge in [-0.3, -0.25) is 14.5 Å². The van der Waals surface area contributed by atoms with Gasteiger partial charge in [0.2, 0.25) is 0 Å². The monoisotopic (exact) mass is 305 g/mol. The predicted molar refractivity (Wildman–Crippen MR) is 87.9 cm³/mol. The molecule has 1 heterocycles. The number of amides is 2. The summed E-state index contributed by atoms with van der Waals surface area (Å²) in [7, 11) is 0. The molecule has 1 aromatic rings. The average Bonchev–Trinajstić information content (AvgIpc) is 2.73. The van der Waals surface area contributed by atoms with Gasteiger partial charge in [-0.05, 0) is 36.1 Å². The van der Waals surface area contributed by atoms with E-state index < -0.39 is 0 Å². The number of imide groups is 1. The molecule has 114 valence electrons. The normalized spacial score (nSPS) is 14.7. The molecule has 1 aliphatic rings. The Bertz CT molecular complexity index is 500. The van der Waals surface area contributed by atoms with Crippen LogP contribution in [0.5, 0.6) is 0 Å². The van der Waals surface area contributed by atoms with Gasteiger partial charge in [0, 0.05) is 6.54 Å². The Morgan fingerprint density at radius 1 is 1.00 bits per heavy atom. The van der Waals surface area contributed by atoms with Crippen LogP contribution in [0.2, 0.25) is 0 Å². The van der Waals surface area contributed by atoms with Crippen LogP contribution in [0.3, 0.4) is 0 Å². The lowest BCUT2D eigenvalue weighted by Gasteiger charge is -2.35. The van der Waals surface area contributed by atoms with Crippen molar-refractivity contribution in [3.8, 4) is 0 Å². The van der Waals surface area contributed by atoms with E-state index in [1.807, 2.05) is 0 Å². The second kappa shape index (κ2) is 6.65. The summed E-state index contributed by atoms with van der Waals surface area (Å²) in [5.74, 6) is 0.380. The highest BCUT2D eigenvalue weighted by molar-refractivity contribution is 7.80. The molecule has 21 heavy (non-hydrogen) atoms. The van der Waals surface area contributed by atoms with Gasteiger partial charge in [0.1, 0.15) is 0 Å². The van der Waals surface area contributed by atoms with E-state index in [4.69, 9.17) is 0 Å². The maximum atomic E-state index is 12.5. The van der Waals surface area contributed by atoms with Crippen molar-refractivity contribution in [2.45, 2.75) is 39.5 Å². The lowest BCUT2D eigenvalue weighted by atomic mass is 9.80. The van der Waals surface area contributed by atoms with Gasteiger partial charge in [-0.2, -0.15) is 12.6 Å². The van der Waals surface area contributed by atoms with Crippen molar-refractivity contribution >= 4 is 24.4 Å². The number of nitrogens with zero attached hydrogens (tertiary/aromatic N) is 1. The fourth-order valence-corrected chi connectivity index (χ4v) is 3.69. The second-order valence-corrected chi connectivity index (χ2v) is 6.22. The fraction of sp³-hybridized carbons (Fsp3) is 0.529. The van der Waals surface area contributed by atoms with Crippen LogP contribution in [0.15, 0.2) is 24.3 Å². The summed E-state index contributed by atoms with van der Waals surface area (Å²) < 4.78 is 0. The summed E-state index contributed by atoms with van der Waals surface area (Å²) in [4.78, 5) is 26.4. The first-order valence-electron chi connectivity index (χ1n) is 7.64. The molecular weight excluding hydrogens is 282 g/mol. The summed E-state index contributed by atoms with van der Waals surface area (Å²) in [6, 6.07) is 7.07. The molecule has 0 saturated heterocycles. The largest absolute Gasteiger partial charge is 0.274 e. The lowest BCUT2D eigenvalue weighted by Crippen LogP contribution is -2.42. The van der Waals surface area contributed by atoms with Gasteiger partial charge in [-0.25, -0.2) is 0 Å². The van der Waals surface area contributed by atoms with E-state index in [0.717, 1.165) is 25.7 Å². The highest BCUT2D eigenvalue weighted by Crippen LogP contribution is 2.35. The minimum absolute atomic E-state index is 0.0695. The van der Waals surface area contributed by atoms with Crippen LogP contribution < -0.4 is 0 Å². The van der Waals surface area contributed by atoms with Crippen molar-refractivity contribution in [1.29, 1.82) is 0 Å². The molecule has 0 N–H and O–H groups in total. The molecule has 0 atom stereocenters. The second-order valence-electron chi connectivity index (χ2n) is 5.90. The number of carbonyl (C=O) groups excluding carboxylic acids is 2. The van der Waals surface area contributed by atoms with Crippen molar-refractivity contribution in [3.05, 3.63) is 35.4 Å². The van der Waals surface area contributed by atoms with Gasteiger partial charge < -0.3 is 0 Å². The summed E-state index contributed by atoms with van der Waals surface area (Å²) in [6.45, 7) is 4.75. The van der Waals surface area contributed by atoms with Crippen molar-refractivity contribution in [2.75, 3.05) is 12.3 Å². The van der Waals surface area contributed by atoms with Crippen LogP contribution in [0.1, 0.15) is 60.2 Å². The number of carbonyl (C=O) groups is 2. The number of rotatable bonds is 7. The summed E-state index contributed by atoms with van der Waals surface area (Å²) in [5, 5.41) is 0. The zero-order chi connectivity index (χ0) is 15.5. The van der Waals surface area contributed by atoms with Crippen LogP contribution in [0.4, 0.5) is 0 Å². The molecule has 2 rings (SSSR count). The van der Waals surface area contributed by atoms with Crippen molar-refractivity contribution in [2.24, 2.45) is 5.41 Å². The average molecular weight is 305 g/mol. The molecule has 4 heteroatoms. The van der Waals surface area contributed by atoms with Gasteiger partial charge >= 0.3 is 0 Å². The standard InChI is InChI=1S/C17H23NO2S/c1-3-9-17(12-21,10-4-2)11-18-15(19)13-7-5-6-8-14(13)16(18)20/h5-8,21H,3-4,9-12H2,1-2H3. The van der Waals surface area contributed by atoms with Crippen molar-refractivity contribution < 1.29 is 9.59 Å². The highest BCUT2D eigenvalue weighted by Gasteiger charge is 2.40. The number of fused-ring (bicyclic) bond motifs is 1. The van der Waals surface area contributed by atoms with Crippen LogP contribution in [-0.2, 0) is 0 Å². The van der Waals surface area contributed by atoms with Crippen LogP contribution in [-0.4, -0.2) is 29.0 Å². The maximum absolute atomic E-state index is 12.5. The van der Waals surface area contributed by atoms with E-state index >= 15 is 0 Å². The molecule has 1 aliphatic heterocycles. The van der Waals surface area contributed by atoms with Gasteiger partial charge in [0.05, 0.1) is 11.1 Å². The van der Waals surface area contributed by atoms with Crippen LogP contribution in [0.25, 0.3) is 0 Å². The van der Waals surface area contributed by atoms with E-state index in [9.17, 15) is 9.59 Å². The topological polar surface area (TPSA) is 37.4 Å². The van der Waals surface area contributed by atoms with Crippen LogP contribution in [0, 0.1) is 5.41 Å². The molecule has 0 fully saturated rings. The summed E-state index contributed by atoms with van der Waals surface area (Å²) >= 11 is 4.51. The first-order valence-corrected chi connectivity index (χ1v) is 8.28. The number of hydrogen-bond donors (Lipinski definition) is 1. The Kier molecular flexibility index (Phi) is 5.09. The van der Waals surface area contributed by atoms with E-state index in [-0.39, 0.29) is 17.2 Å². The maximum Gasteiger partial charge on any atom is 0.261 e. The fourth-order valence-electron chi connectivity index (χ4n) is 3.27. The van der Waals surface area contributed by atoms with Crippen LogP contribution >= 0.6 is 12.6 Å². The molecule has 0 aromatic heterocycles. The Labute approximate surface area is 132 Å². The van der Waals surface area contributed by atoms with E-state index in [0.29, 0.717) is 23.4 Å². The predicted octanol–water partition coefficient (Wildman–Crippen LogP) is 3.80. The zero-order valence-corrected chi connectivity index (χ0v) is 13.7. The quantitative estimate of drug-likeness (QED) is 0.614. The summed E-state index contributed by atoms with van der Waals surface area (Å²) in [5.41, 5.74) is 0.993. The minimum atomic E-state index is -0.158. The van der Waals surface area contributed by atoms with Crippen molar-refractivity contribution in [1.82, 2.24) is 4.90 Å². The molecule has 3 nitrogen and oxygen atoms in total. The van der Waals surface area contributed by atoms with Gasteiger partial charge in [-0.1, -0.05) is 38.8 Å². The zero-order valence-electron chi connectivity index (χ0n) is 12.8. The van der Waals surface area contributed by atoms with E-state index in [1.54, 1.807) is 24.3 Å². The lowest BCUT2D eigenvalue weighted by molar-refractivity contribution is 0.0566. The first-order chi connectivity index (χ1) is 10.1. The third kappa shape index (κ3) is 3.00. The van der Waals surface area contributed by atoms with Crippen molar-refractivity contribution in [3.63, 3.8) is 0 Å². The number of thiol groups is 1. The Morgan fingerprint density at radius 2 is 1.48 bits per heavy atom. The molecule has 0 unspecified atom stereocenters. The molecule has 0 saturated carbocycles. The molecule has 0 spiro atoms. The molecule has 0 radical (unpaired) electrons. The van der Waals surface area contributed by atoms with E-state index in [2.05, 4.69) is 26.5 Å². The molecule has 0 bridgehead atoms. The third-order valence-corrected chi connectivity index (χ3v) is 4.94. The Balaban J connectivity index is 2.27. The number of benzene rings is 1. The number of hydrogen-bond acceptors (Lipinski definition) is 3.